The van der Waals surface area contributed by atoms with Gasteiger partial charge in [0.15, 0.2) is 5.78 Å². The van der Waals surface area contributed by atoms with Crippen molar-refractivity contribution < 1.29 is 87.5 Å². The summed E-state index contributed by atoms with van der Waals surface area (Å²) in [5.74, 6) is -17.9. The number of hydrogen-bond donors (Lipinski definition) is 15. The smallest absolute Gasteiger partial charge is 0.329 e. The van der Waals surface area contributed by atoms with Crippen molar-refractivity contribution in [1.82, 2.24) is 58.9 Å². The molecule has 0 aliphatic carbocycles. The number of aliphatic carboxylic acids is 2. The third-order valence-electron chi connectivity index (χ3n) is 11.0. The molecule has 1 fully saturated rings. The maximum absolute atomic E-state index is 14.0. The molecule has 0 bridgehead atoms. The second kappa shape index (κ2) is 30.7. The maximum Gasteiger partial charge on any atom is 0.329 e. The normalized spacial score (nSPS) is 25.3. The number of amides is 9. The van der Waals surface area contributed by atoms with E-state index in [4.69, 9.17) is 16.2 Å². The molecule has 1 aromatic rings. The quantitative estimate of drug-likeness (QED) is 0.0256. The lowest BCUT2D eigenvalue weighted by atomic mass is 9.96. The summed E-state index contributed by atoms with van der Waals surface area (Å²) in [5, 5.41) is 61.8. The van der Waals surface area contributed by atoms with Gasteiger partial charge in [0, 0.05) is 24.1 Å². The summed E-state index contributed by atoms with van der Waals surface area (Å²) in [7, 11) is 1.59. The van der Waals surface area contributed by atoms with E-state index in [9.17, 15) is 82.8 Å². The summed E-state index contributed by atoms with van der Waals surface area (Å²) in [5.41, 5.74) is 14.3. The van der Waals surface area contributed by atoms with E-state index in [2.05, 4.69) is 59.7 Å². The van der Waals surface area contributed by atoms with Gasteiger partial charge in [-0.2, -0.15) is 0 Å². The number of ether oxygens (including phenoxy) is 1. The van der Waals surface area contributed by atoms with E-state index >= 15 is 0 Å². The zero-order valence-electron chi connectivity index (χ0n) is 41.4. The van der Waals surface area contributed by atoms with Crippen LogP contribution in [0, 0.1) is 5.92 Å². The molecule has 75 heavy (non-hydrogen) atoms. The number of aliphatic hydroxyl groups is 2. The highest BCUT2D eigenvalue weighted by molar-refractivity contribution is 6.04. The number of nitrogens with one attached hydrogen (secondary N) is 11. The first-order valence-corrected chi connectivity index (χ1v) is 23.2. The number of hydrogen-bond acceptors (Lipinski definition) is 18. The zero-order chi connectivity index (χ0) is 56.7. The van der Waals surface area contributed by atoms with Crippen LogP contribution in [-0.2, 0) is 62.3 Å². The predicted octanol–water partition coefficient (Wildman–Crippen LogP) is -5.88. The Morgan fingerprint density at radius 3 is 1.83 bits per heavy atom. The third kappa shape index (κ3) is 21.4. The number of benzene rings is 1. The van der Waals surface area contributed by atoms with E-state index in [1.165, 1.54) is 31.2 Å². The van der Waals surface area contributed by atoms with Gasteiger partial charge in [0.25, 0.3) is 0 Å². The molecule has 0 aromatic heterocycles. The van der Waals surface area contributed by atoms with Gasteiger partial charge in [0.2, 0.25) is 53.2 Å². The molecule has 1 saturated heterocycles. The first kappa shape index (κ1) is 62.9. The van der Waals surface area contributed by atoms with Crippen molar-refractivity contribution in [3.05, 3.63) is 42.2 Å². The number of carboxylic acids is 2. The SMILES string of the molecule is C=C(O)CC1NC(=O)C(C)NC(=O)C(CC(=O)O)NC(=O)C(CCCNC)NC(=O)CNC(=O)C([NH])C(C)OC(=O)C(CC(=O)c2ccccc2N)NC(=O)C(C(C)CC(=O)O)NC(=O)C(CO)NC(=O)CNC1=O. The average Bonchev–Trinajstić information content (AvgIpc) is 3.33. The van der Waals surface area contributed by atoms with Crippen molar-refractivity contribution >= 4 is 82.5 Å². The van der Waals surface area contributed by atoms with Crippen LogP contribution in [-0.4, -0.2) is 185 Å². The molecule has 30 heteroatoms. The molecule has 10 unspecified atom stereocenters. The summed E-state index contributed by atoms with van der Waals surface area (Å²) in [6, 6.07) is -8.91. The van der Waals surface area contributed by atoms with Crippen LogP contribution in [0.1, 0.15) is 69.7 Å². The highest BCUT2D eigenvalue weighted by Crippen LogP contribution is 2.17. The van der Waals surface area contributed by atoms with Crippen LogP contribution in [0.5, 0.6) is 0 Å². The number of carbonyl (C=O) groups excluding carboxylic acids is 11. The van der Waals surface area contributed by atoms with E-state index in [-0.39, 0.29) is 24.1 Å². The van der Waals surface area contributed by atoms with Crippen molar-refractivity contribution in [3.63, 3.8) is 0 Å². The molecule has 30 nitrogen and oxygen atoms in total. The molecule has 413 valence electrons. The molecule has 1 aliphatic heterocycles. The Hall–Kier alpha value is -8.25. The van der Waals surface area contributed by atoms with Crippen LogP contribution in [0.2, 0.25) is 0 Å². The van der Waals surface area contributed by atoms with Gasteiger partial charge in [-0.15, -0.1) is 0 Å². The number of carbonyl (C=O) groups is 13. The number of carboxylic acid groups (broad SMARTS) is 2. The Labute approximate surface area is 429 Å². The van der Waals surface area contributed by atoms with Crippen LogP contribution in [0.15, 0.2) is 36.6 Å². The number of nitrogens with two attached hydrogens (primary N) is 1. The Morgan fingerprint density at radius 2 is 1.25 bits per heavy atom. The molecule has 9 amide bonds. The number of nitrogen functional groups attached to an aromatic ring is 1. The molecule has 10 atom stereocenters. The van der Waals surface area contributed by atoms with Gasteiger partial charge in [0.1, 0.15) is 54.4 Å². The molecule has 2 rings (SSSR count). The molecule has 0 spiro atoms. The van der Waals surface area contributed by atoms with Gasteiger partial charge in [-0.05, 0) is 58.3 Å². The Morgan fingerprint density at radius 1 is 0.707 bits per heavy atom. The highest BCUT2D eigenvalue weighted by Gasteiger charge is 2.38. The molecule has 17 N–H and O–H groups in total. The standard InChI is InChI=1S/C45H65N12O18/c1-20(13-34(63)64)37-44(73)56-29(15-31(60)24-9-6-7-10-25(24)46)45(74)75-23(4)36(47)43(72)50-18-32(61)52-26(11-8-12-48-5)40(69)55-28(16-35(65)66)41(70)51-22(3)38(67)54-27(14-21(2)59)39(68)49-17-33(62)53-30(19-58)42(71)57-37/h6-7,9-10,20,22-23,26-30,36-37,47-48,58-59H,2,8,11-19,46H2,1,3-5H3,(H,49,68)(H,50,72)(H,51,70)(H,52,61)(H,53,62)(H,54,67)(H,55,69)(H,56,73)(H,57,71)(H,63,64)(H,65,66). The predicted molar refractivity (Wildman–Crippen MR) is 258 cm³/mol. The van der Waals surface area contributed by atoms with E-state index in [0.29, 0.717) is 6.54 Å². The minimum atomic E-state index is -2.01. The third-order valence-corrected chi connectivity index (χ3v) is 11.0. The number of ketones is 1. The fourth-order valence-electron chi connectivity index (χ4n) is 6.94. The first-order chi connectivity index (χ1) is 35.2. The molecular formula is C45H65N12O18. The Balaban J connectivity index is 2.66. The summed E-state index contributed by atoms with van der Waals surface area (Å²) in [6.07, 6.45) is -5.03. The minimum Gasteiger partial charge on any atom is -0.513 e. The van der Waals surface area contributed by atoms with Crippen molar-refractivity contribution in [3.8, 4) is 0 Å². The molecule has 1 aliphatic rings. The fraction of sp³-hybridized carbons (Fsp3) is 0.533. The van der Waals surface area contributed by atoms with Gasteiger partial charge in [0.05, 0.1) is 38.3 Å². The number of Topliss-reactive ketones (excluding diaryl/α,β-unsaturated/α-hetero) is 1. The molecule has 1 heterocycles. The van der Waals surface area contributed by atoms with Gasteiger partial charge in [-0.1, -0.05) is 25.6 Å². The monoisotopic (exact) mass is 1060 g/mol. The summed E-state index contributed by atoms with van der Waals surface area (Å²) < 4.78 is 5.35. The van der Waals surface area contributed by atoms with Crippen LogP contribution >= 0.6 is 0 Å². The lowest BCUT2D eigenvalue weighted by Gasteiger charge is -2.28. The van der Waals surface area contributed by atoms with Crippen LogP contribution in [0.3, 0.4) is 0 Å². The summed E-state index contributed by atoms with van der Waals surface area (Å²) >= 11 is 0. The second-order valence-corrected chi connectivity index (χ2v) is 17.3. The van der Waals surface area contributed by atoms with Crippen molar-refractivity contribution in [1.29, 1.82) is 0 Å². The zero-order valence-corrected chi connectivity index (χ0v) is 41.4. The summed E-state index contributed by atoms with van der Waals surface area (Å²) in [4.78, 5) is 171. The van der Waals surface area contributed by atoms with Crippen molar-refractivity contribution in [2.75, 3.05) is 39.0 Å². The number of rotatable bonds is 15. The van der Waals surface area contributed by atoms with E-state index in [0.717, 1.165) is 13.8 Å². The second-order valence-electron chi connectivity index (χ2n) is 17.3. The van der Waals surface area contributed by atoms with E-state index in [1.807, 2.05) is 0 Å². The number of esters is 1. The van der Waals surface area contributed by atoms with Crippen molar-refractivity contribution in [2.24, 2.45) is 5.92 Å². The topological polar surface area (TPSA) is 482 Å². The van der Waals surface area contributed by atoms with E-state index in [1.54, 1.807) is 7.05 Å². The van der Waals surface area contributed by atoms with E-state index < -0.39 is 188 Å². The van der Waals surface area contributed by atoms with Crippen LogP contribution in [0.4, 0.5) is 5.69 Å². The van der Waals surface area contributed by atoms with Crippen LogP contribution in [0.25, 0.3) is 0 Å². The number of para-hydroxylation sites is 1. The molecule has 0 saturated carbocycles. The minimum absolute atomic E-state index is 0.0419. The Kier molecular flexibility index (Phi) is 25.7. The fourth-order valence-corrected chi connectivity index (χ4v) is 6.94. The van der Waals surface area contributed by atoms with Gasteiger partial charge >= 0.3 is 17.9 Å². The molecule has 1 radical (unpaired) electrons. The number of aliphatic hydroxyl groups excluding tert-OH is 2. The average molecular weight is 1060 g/mol. The van der Waals surface area contributed by atoms with Gasteiger partial charge in [-0.25, -0.2) is 10.5 Å². The first-order valence-electron chi connectivity index (χ1n) is 23.2. The lowest BCUT2D eigenvalue weighted by Crippen LogP contribution is -2.60. The maximum atomic E-state index is 14.0. The summed E-state index contributed by atoms with van der Waals surface area (Å²) in [6.45, 7) is 3.91. The lowest BCUT2D eigenvalue weighted by molar-refractivity contribution is -0.155. The number of anilines is 1. The van der Waals surface area contributed by atoms with Crippen molar-refractivity contribution in [2.45, 2.75) is 114 Å². The van der Waals surface area contributed by atoms with Gasteiger partial charge < -0.3 is 84.1 Å². The number of cyclic esters (lactones) is 1. The Bertz CT molecular complexity index is 2320. The highest BCUT2D eigenvalue weighted by atomic mass is 16.5. The molecule has 1 aromatic carbocycles. The molecular weight excluding hydrogens is 997 g/mol. The largest absolute Gasteiger partial charge is 0.513 e. The van der Waals surface area contributed by atoms with Crippen LogP contribution < -0.4 is 64.6 Å². The van der Waals surface area contributed by atoms with Gasteiger partial charge in [-0.3, -0.25) is 57.5 Å².